The van der Waals surface area contributed by atoms with Gasteiger partial charge in [0.1, 0.15) is 10.8 Å². The minimum Gasteiger partial charge on any atom is -0.508 e. The zero-order chi connectivity index (χ0) is 16.9. The third-order valence-electron chi connectivity index (χ3n) is 4.33. The molecule has 0 atom stereocenters. The maximum atomic E-state index is 12.5. The van der Waals surface area contributed by atoms with Crippen LogP contribution in [0.4, 0.5) is 5.00 Å². The summed E-state index contributed by atoms with van der Waals surface area (Å²) in [6, 6.07) is 7.25. The predicted octanol–water partition coefficient (Wildman–Crippen LogP) is 4.51. The number of ether oxygens (including phenoxy) is 1. The lowest BCUT2D eigenvalue weighted by atomic mass is 10.1. The van der Waals surface area contributed by atoms with Crippen molar-refractivity contribution in [3.8, 4) is 5.75 Å². The van der Waals surface area contributed by atoms with E-state index in [0.717, 1.165) is 35.4 Å². The van der Waals surface area contributed by atoms with Crippen molar-refractivity contribution in [1.29, 1.82) is 0 Å². The van der Waals surface area contributed by atoms with Gasteiger partial charge in [0, 0.05) is 17.0 Å². The van der Waals surface area contributed by atoms with E-state index in [9.17, 15) is 9.90 Å². The van der Waals surface area contributed by atoms with Crippen LogP contribution in [0.25, 0.3) is 0 Å². The van der Waals surface area contributed by atoms with E-state index in [1.165, 1.54) is 17.7 Å². The van der Waals surface area contributed by atoms with Gasteiger partial charge in [0.05, 0.1) is 12.2 Å². The van der Waals surface area contributed by atoms with Crippen LogP contribution in [0.3, 0.4) is 0 Å². The zero-order valence-electron chi connectivity index (χ0n) is 13.9. The summed E-state index contributed by atoms with van der Waals surface area (Å²) in [5.74, 6) is 0.0255. The first-order valence-electron chi connectivity index (χ1n) is 8.53. The van der Waals surface area contributed by atoms with Gasteiger partial charge < -0.3 is 15.2 Å². The van der Waals surface area contributed by atoms with Gasteiger partial charge in [0.15, 0.2) is 0 Å². The average molecular weight is 345 g/mol. The maximum absolute atomic E-state index is 12.5. The van der Waals surface area contributed by atoms with Crippen molar-refractivity contribution in [1.82, 2.24) is 0 Å². The summed E-state index contributed by atoms with van der Waals surface area (Å²) in [5.41, 5.74) is 2.68. The van der Waals surface area contributed by atoms with Gasteiger partial charge in [0.2, 0.25) is 0 Å². The number of rotatable bonds is 5. The van der Waals surface area contributed by atoms with E-state index in [2.05, 4.69) is 5.32 Å². The summed E-state index contributed by atoms with van der Waals surface area (Å²) in [6.07, 6.45) is 5.48. The number of benzene rings is 1. The quantitative estimate of drug-likeness (QED) is 0.618. The molecule has 0 amide bonds. The summed E-state index contributed by atoms with van der Waals surface area (Å²) >= 11 is 1.66. The Bertz CT molecular complexity index is 723. The Morgan fingerprint density at radius 1 is 1.25 bits per heavy atom. The Kier molecular flexibility index (Phi) is 5.41. The molecule has 5 heteroatoms. The van der Waals surface area contributed by atoms with Gasteiger partial charge in [-0.25, -0.2) is 4.79 Å². The molecule has 24 heavy (non-hydrogen) atoms. The highest BCUT2D eigenvalue weighted by molar-refractivity contribution is 7.16. The molecule has 1 aliphatic carbocycles. The first-order chi connectivity index (χ1) is 11.7. The third-order valence-corrected chi connectivity index (χ3v) is 5.58. The number of aryl methyl sites for hydroxylation is 1. The van der Waals surface area contributed by atoms with Crippen LogP contribution >= 0.6 is 11.3 Å². The molecule has 128 valence electrons. The number of para-hydroxylation sites is 1. The highest BCUT2D eigenvalue weighted by Crippen LogP contribution is 2.38. The van der Waals surface area contributed by atoms with Crippen LogP contribution in [0.15, 0.2) is 24.3 Å². The second-order valence-electron chi connectivity index (χ2n) is 5.97. The number of esters is 1. The molecule has 2 aromatic rings. The standard InChI is InChI=1S/C19H23NO3S/c1-2-23-19(22)17-14-9-4-3-5-11-16(14)24-18(17)20-12-13-8-6-7-10-15(13)21/h6-8,10,20-21H,2-5,9,11-12H2,1H3. The summed E-state index contributed by atoms with van der Waals surface area (Å²) in [6.45, 7) is 2.69. The second-order valence-corrected chi connectivity index (χ2v) is 7.08. The van der Waals surface area contributed by atoms with Gasteiger partial charge >= 0.3 is 5.97 Å². The largest absolute Gasteiger partial charge is 0.508 e. The van der Waals surface area contributed by atoms with Crippen molar-refractivity contribution in [2.45, 2.75) is 45.6 Å². The molecule has 0 aliphatic heterocycles. The van der Waals surface area contributed by atoms with Crippen LogP contribution < -0.4 is 5.32 Å². The summed E-state index contributed by atoms with van der Waals surface area (Å²) in [5, 5.41) is 14.1. The van der Waals surface area contributed by atoms with Crippen LogP contribution in [0, 0.1) is 0 Å². The first-order valence-corrected chi connectivity index (χ1v) is 9.34. The maximum Gasteiger partial charge on any atom is 0.341 e. The number of anilines is 1. The molecule has 2 N–H and O–H groups in total. The van der Waals surface area contributed by atoms with Crippen molar-refractivity contribution in [2.75, 3.05) is 11.9 Å². The molecule has 1 aliphatic rings. The number of fused-ring (bicyclic) bond motifs is 1. The molecule has 1 heterocycles. The van der Waals surface area contributed by atoms with Crippen LogP contribution in [0.5, 0.6) is 5.75 Å². The fourth-order valence-electron chi connectivity index (χ4n) is 3.12. The highest BCUT2D eigenvalue weighted by atomic mass is 32.1. The van der Waals surface area contributed by atoms with Gasteiger partial charge in [-0.1, -0.05) is 24.6 Å². The zero-order valence-corrected chi connectivity index (χ0v) is 14.7. The molecule has 0 fully saturated rings. The van der Waals surface area contributed by atoms with Crippen molar-refractivity contribution in [3.05, 3.63) is 45.8 Å². The molecular weight excluding hydrogens is 322 g/mol. The Morgan fingerprint density at radius 3 is 2.83 bits per heavy atom. The average Bonchev–Trinajstić information content (AvgIpc) is 2.76. The lowest BCUT2D eigenvalue weighted by Crippen LogP contribution is -2.10. The number of phenolic OH excluding ortho intramolecular Hbond substituents is 1. The molecule has 1 aromatic carbocycles. The Hall–Kier alpha value is -2.01. The molecule has 0 bridgehead atoms. The Morgan fingerprint density at radius 2 is 2.04 bits per heavy atom. The number of carbonyl (C=O) groups is 1. The van der Waals surface area contributed by atoms with Gasteiger partial charge in [-0.05, 0) is 44.2 Å². The predicted molar refractivity (Wildman–Crippen MR) is 97.0 cm³/mol. The van der Waals surface area contributed by atoms with E-state index in [-0.39, 0.29) is 11.7 Å². The summed E-state index contributed by atoms with van der Waals surface area (Å²) < 4.78 is 5.29. The number of hydrogen-bond donors (Lipinski definition) is 2. The Balaban J connectivity index is 1.88. The fourth-order valence-corrected chi connectivity index (χ4v) is 4.40. The smallest absolute Gasteiger partial charge is 0.341 e. The molecular formula is C19H23NO3S. The third kappa shape index (κ3) is 3.56. The first kappa shape index (κ1) is 16.8. The van der Waals surface area contributed by atoms with Crippen LogP contribution in [-0.2, 0) is 24.1 Å². The van der Waals surface area contributed by atoms with E-state index in [4.69, 9.17) is 4.74 Å². The highest BCUT2D eigenvalue weighted by Gasteiger charge is 2.25. The van der Waals surface area contributed by atoms with E-state index in [1.54, 1.807) is 23.5 Å². The van der Waals surface area contributed by atoms with E-state index in [0.29, 0.717) is 18.7 Å². The second kappa shape index (κ2) is 7.71. The van der Waals surface area contributed by atoms with Crippen LogP contribution in [0.2, 0.25) is 0 Å². The monoisotopic (exact) mass is 345 g/mol. The SMILES string of the molecule is CCOC(=O)c1c(NCc2ccccc2O)sc2c1CCCCC2. The van der Waals surface area contributed by atoms with Crippen molar-refractivity contribution in [2.24, 2.45) is 0 Å². The van der Waals surface area contributed by atoms with E-state index in [1.807, 2.05) is 19.1 Å². The normalized spacial score (nSPS) is 13.9. The number of aromatic hydroxyl groups is 1. The minimum absolute atomic E-state index is 0.239. The topological polar surface area (TPSA) is 58.6 Å². The lowest BCUT2D eigenvalue weighted by Gasteiger charge is -2.10. The van der Waals surface area contributed by atoms with Gasteiger partial charge in [-0.15, -0.1) is 11.3 Å². The number of phenols is 1. The van der Waals surface area contributed by atoms with Gasteiger partial charge in [-0.3, -0.25) is 0 Å². The fraction of sp³-hybridized carbons (Fsp3) is 0.421. The number of thiophene rings is 1. The number of carbonyl (C=O) groups excluding carboxylic acids is 1. The van der Waals surface area contributed by atoms with Crippen LogP contribution in [-0.4, -0.2) is 17.7 Å². The summed E-state index contributed by atoms with van der Waals surface area (Å²) in [7, 11) is 0. The van der Waals surface area contributed by atoms with Crippen molar-refractivity contribution < 1.29 is 14.6 Å². The number of hydrogen-bond acceptors (Lipinski definition) is 5. The van der Waals surface area contributed by atoms with Crippen LogP contribution in [0.1, 0.15) is 52.5 Å². The molecule has 4 nitrogen and oxygen atoms in total. The molecule has 0 unspecified atom stereocenters. The molecule has 1 aromatic heterocycles. The Labute approximate surface area is 146 Å². The lowest BCUT2D eigenvalue weighted by molar-refractivity contribution is 0.0526. The van der Waals surface area contributed by atoms with E-state index < -0.39 is 0 Å². The van der Waals surface area contributed by atoms with Gasteiger partial charge in [-0.2, -0.15) is 0 Å². The molecule has 0 spiro atoms. The van der Waals surface area contributed by atoms with Gasteiger partial charge in [0.25, 0.3) is 0 Å². The molecule has 0 radical (unpaired) electrons. The number of nitrogens with one attached hydrogen (secondary N) is 1. The van der Waals surface area contributed by atoms with Crippen molar-refractivity contribution in [3.63, 3.8) is 0 Å². The molecule has 0 saturated heterocycles. The molecule has 3 rings (SSSR count). The van der Waals surface area contributed by atoms with E-state index >= 15 is 0 Å². The molecule has 0 saturated carbocycles. The van der Waals surface area contributed by atoms with Crippen molar-refractivity contribution >= 4 is 22.3 Å². The minimum atomic E-state index is -0.239. The summed E-state index contributed by atoms with van der Waals surface area (Å²) in [4.78, 5) is 13.8.